The predicted molar refractivity (Wildman–Crippen MR) is 62.1 cm³/mol. The summed E-state index contributed by atoms with van der Waals surface area (Å²) in [6, 6.07) is 5.90. The molecule has 88 valence electrons. The van der Waals surface area contributed by atoms with Crippen molar-refractivity contribution < 1.29 is 13.9 Å². The molecule has 1 aromatic rings. The second kappa shape index (κ2) is 5.12. The molecule has 0 saturated heterocycles. The first-order valence-electron chi connectivity index (χ1n) is 5.09. The minimum Gasteiger partial charge on any atom is -0.485 e. The summed E-state index contributed by atoms with van der Waals surface area (Å²) in [5, 5.41) is 0. The zero-order valence-electron chi connectivity index (χ0n) is 9.87. The Hall–Kier alpha value is -1.35. The lowest BCUT2D eigenvalue weighted by Gasteiger charge is -2.32. The fraction of sp³-hybridized carbons (Fsp3) is 0.385. The van der Waals surface area contributed by atoms with Crippen molar-refractivity contribution in [3.63, 3.8) is 0 Å². The second-order valence-corrected chi connectivity index (χ2v) is 4.05. The average molecular weight is 224 g/mol. The molecule has 0 bridgehead atoms. The maximum absolute atomic E-state index is 12.7. The molecule has 0 spiro atoms. The van der Waals surface area contributed by atoms with E-state index in [1.165, 1.54) is 12.1 Å². The zero-order chi connectivity index (χ0) is 12.2. The second-order valence-electron chi connectivity index (χ2n) is 4.05. The number of hydrogen-bond acceptors (Lipinski definition) is 2. The highest BCUT2D eigenvalue weighted by Crippen LogP contribution is 2.23. The van der Waals surface area contributed by atoms with Crippen LogP contribution in [-0.2, 0) is 4.74 Å². The molecule has 0 aliphatic carbocycles. The molecule has 0 aliphatic heterocycles. The molecule has 0 amide bonds. The van der Waals surface area contributed by atoms with Gasteiger partial charge >= 0.3 is 0 Å². The summed E-state index contributed by atoms with van der Waals surface area (Å²) in [5.74, 6) is 0.326. The van der Waals surface area contributed by atoms with Gasteiger partial charge in [0.05, 0.1) is 0 Å². The third-order valence-corrected chi connectivity index (χ3v) is 2.35. The van der Waals surface area contributed by atoms with Crippen molar-refractivity contribution in [1.82, 2.24) is 0 Å². The van der Waals surface area contributed by atoms with Gasteiger partial charge in [-0.1, -0.05) is 6.08 Å². The number of hydrogen-bond donors (Lipinski definition) is 0. The summed E-state index contributed by atoms with van der Waals surface area (Å²) < 4.78 is 23.7. The molecular weight excluding hydrogens is 207 g/mol. The number of ether oxygens (including phenoxy) is 2. The Morgan fingerprint density at radius 2 is 1.88 bits per heavy atom. The van der Waals surface area contributed by atoms with Gasteiger partial charge in [-0.15, -0.1) is 6.58 Å². The summed E-state index contributed by atoms with van der Waals surface area (Å²) in [4.78, 5) is 0. The fourth-order valence-corrected chi connectivity index (χ4v) is 1.53. The summed E-state index contributed by atoms with van der Waals surface area (Å²) in [5.41, 5.74) is -0.547. The van der Waals surface area contributed by atoms with Crippen LogP contribution in [0.2, 0.25) is 0 Å². The summed E-state index contributed by atoms with van der Waals surface area (Å²) >= 11 is 0. The smallest absolute Gasteiger partial charge is 0.133 e. The summed E-state index contributed by atoms with van der Waals surface area (Å²) in [6.45, 7) is 7.48. The van der Waals surface area contributed by atoms with Crippen LogP contribution >= 0.6 is 0 Å². The van der Waals surface area contributed by atoms with Crippen LogP contribution in [0.5, 0.6) is 5.75 Å². The van der Waals surface area contributed by atoms with Crippen molar-refractivity contribution in [1.29, 1.82) is 0 Å². The van der Waals surface area contributed by atoms with Gasteiger partial charge in [-0.3, -0.25) is 0 Å². The van der Waals surface area contributed by atoms with E-state index in [4.69, 9.17) is 9.47 Å². The van der Waals surface area contributed by atoms with Crippen molar-refractivity contribution in [3.05, 3.63) is 42.7 Å². The van der Waals surface area contributed by atoms with Gasteiger partial charge in [0.1, 0.15) is 23.3 Å². The van der Waals surface area contributed by atoms with E-state index in [2.05, 4.69) is 6.58 Å². The predicted octanol–water partition coefficient (Wildman–Crippen LogP) is 3.18. The van der Waals surface area contributed by atoms with E-state index in [0.717, 1.165) is 0 Å². The normalized spacial score (nSPS) is 13.2. The fourth-order valence-electron chi connectivity index (χ4n) is 1.53. The van der Waals surface area contributed by atoms with Crippen molar-refractivity contribution in [2.24, 2.45) is 0 Å². The van der Waals surface area contributed by atoms with Gasteiger partial charge in [-0.05, 0) is 38.1 Å². The first-order chi connectivity index (χ1) is 7.49. The van der Waals surface area contributed by atoms with Crippen LogP contribution < -0.4 is 4.74 Å². The number of benzene rings is 1. The molecule has 0 aromatic heterocycles. The highest BCUT2D eigenvalue weighted by atomic mass is 19.1. The molecular formula is C13H17FO2. The molecule has 2 nitrogen and oxygen atoms in total. The molecule has 1 unspecified atom stereocenters. The molecule has 3 heteroatoms. The van der Waals surface area contributed by atoms with Crippen LogP contribution in [0.15, 0.2) is 36.9 Å². The van der Waals surface area contributed by atoms with Crippen molar-refractivity contribution in [2.75, 3.05) is 7.11 Å². The SMILES string of the molecule is C=CC(OC)C(C)(C)Oc1ccc(F)cc1. The first kappa shape index (κ1) is 12.7. The van der Waals surface area contributed by atoms with E-state index < -0.39 is 5.60 Å². The van der Waals surface area contributed by atoms with Crippen LogP contribution in [0.1, 0.15) is 13.8 Å². The average Bonchev–Trinajstić information content (AvgIpc) is 2.22. The van der Waals surface area contributed by atoms with E-state index in [1.807, 2.05) is 13.8 Å². The van der Waals surface area contributed by atoms with Gasteiger partial charge < -0.3 is 9.47 Å². The molecule has 0 saturated carbocycles. The van der Waals surface area contributed by atoms with Crippen LogP contribution in [0.3, 0.4) is 0 Å². The summed E-state index contributed by atoms with van der Waals surface area (Å²) in [7, 11) is 1.60. The minimum atomic E-state index is -0.547. The van der Waals surface area contributed by atoms with Crippen molar-refractivity contribution >= 4 is 0 Å². The Labute approximate surface area is 95.7 Å². The third-order valence-electron chi connectivity index (χ3n) is 2.35. The van der Waals surface area contributed by atoms with Crippen molar-refractivity contribution in [3.8, 4) is 5.75 Å². The first-order valence-corrected chi connectivity index (χ1v) is 5.09. The van der Waals surface area contributed by atoms with Gasteiger partial charge in [0.15, 0.2) is 0 Å². The Bertz CT molecular complexity index is 343. The lowest BCUT2D eigenvalue weighted by Crippen LogP contribution is -2.41. The zero-order valence-corrected chi connectivity index (χ0v) is 9.87. The van der Waals surface area contributed by atoms with E-state index in [0.29, 0.717) is 5.75 Å². The molecule has 0 radical (unpaired) electrons. The number of methoxy groups -OCH3 is 1. The topological polar surface area (TPSA) is 18.5 Å². The van der Waals surface area contributed by atoms with Crippen LogP contribution in [-0.4, -0.2) is 18.8 Å². The largest absolute Gasteiger partial charge is 0.485 e. The quantitative estimate of drug-likeness (QED) is 0.715. The maximum Gasteiger partial charge on any atom is 0.133 e. The highest BCUT2D eigenvalue weighted by molar-refractivity contribution is 5.23. The molecule has 16 heavy (non-hydrogen) atoms. The Kier molecular flexibility index (Phi) is 4.07. The molecule has 1 aromatic carbocycles. The van der Waals surface area contributed by atoms with Crippen LogP contribution in [0.25, 0.3) is 0 Å². The molecule has 0 aliphatic rings. The molecule has 1 rings (SSSR count). The Morgan fingerprint density at radius 3 is 2.31 bits per heavy atom. The number of halogens is 1. The monoisotopic (exact) mass is 224 g/mol. The van der Waals surface area contributed by atoms with Gasteiger partial charge in [-0.2, -0.15) is 0 Å². The number of rotatable bonds is 5. The van der Waals surface area contributed by atoms with Gasteiger partial charge in [0.2, 0.25) is 0 Å². The molecule has 0 fully saturated rings. The van der Waals surface area contributed by atoms with Gasteiger partial charge in [0.25, 0.3) is 0 Å². The maximum atomic E-state index is 12.7. The van der Waals surface area contributed by atoms with Gasteiger partial charge in [-0.25, -0.2) is 4.39 Å². The van der Waals surface area contributed by atoms with Crippen LogP contribution in [0.4, 0.5) is 4.39 Å². The molecule has 0 heterocycles. The minimum absolute atomic E-state index is 0.224. The van der Waals surface area contributed by atoms with E-state index in [-0.39, 0.29) is 11.9 Å². The standard InChI is InChI=1S/C13H17FO2/c1-5-12(15-4)13(2,3)16-11-8-6-10(14)7-9-11/h5-9,12H,1H2,2-4H3. The Morgan fingerprint density at radius 1 is 1.31 bits per heavy atom. The lowest BCUT2D eigenvalue weighted by molar-refractivity contribution is -0.0262. The molecule has 1 atom stereocenters. The molecule has 0 N–H and O–H groups in total. The Balaban J connectivity index is 2.78. The highest BCUT2D eigenvalue weighted by Gasteiger charge is 2.29. The van der Waals surface area contributed by atoms with E-state index >= 15 is 0 Å². The van der Waals surface area contributed by atoms with Gasteiger partial charge in [0, 0.05) is 7.11 Å². The van der Waals surface area contributed by atoms with E-state index in [9.17, 15) is 4.39 Å². The third kappa shape index (κ3) is 3.07. The lowest BCUT2D eigenvalue weighted by atomic mass is 10.0. The van der Waals surface area contributed by atoms with Crippen molar-refractivity contribution in [2.45, 2.75) is 25.6 Å². The summed E-state index contributed by atoms with van der Waals surface area (Å²) in [6.07, 6.45) is 1.46. The van der Waals surface area contributed by atoms with E-state index in [1.54, 1.807) is 25.3 Å². The van der Waals surface area contributed by atoms with Crippen LogP contribution in [0, 0.1) is 5.82 Å².